The number of carbonyl (C=O) groups is 1. The van der Waals surface area contributed by atoms with Crippen LogP contribution in [0.5, 0.6) is 5.75 Å². The minimum atomic E-state index is -0.749. The van der Waals surface area contributed by atoms with Crippen LogP contribution in [-0.4, -0.2) is 24.3 Å². The number of rotatable bonds is 5. The first-order valence-corrected chi connectivity index (χ1v) is 7.23. The molecule has 1 aromatic carbocycles. The molecular weight excluding hydrogens is 304 g/mol. The molecule has 1 unspecified atom stereocenters. The van der Waals surface area contributed by atoms with Gasteiger partial charge in [-0.2, -0.15) is 0 Å². The average Bonchev–Trinajstić information content (AvgIpc) is 2.37. The van der Waals surface area contributed by atoms with E-state index in [1.807, 2.05) is 0 Å². The maximum absolute atomic E-state index is 13.8. The fraction of sp³-hybridized carbons (Fsp3) is 0.588. The number of nitrogens with one attached hydrogen (secondary N) is 1. The van der Waals surface area contributed by atoms with Crippen LogP contribution in [0.2, 0.25) is 0 Å². The summed E-state index contributed by atoms with van der Waals surface area (Å²) in [5.74, 6) is -1.37. The summed E-state index contributed by atoms with van der Waals surface area (Å²) in [5, 5.41) is 2.54. The van der Waals surface area contributed by atoms with Crippen molar-refractivity contribution in [2.45, 2.75) is 60.2 Å². The molecule has 0 bridgehead atoms. The highest BCUT2D eigenvalue weighted by atomic mass is 19.1. The minimum absolute atomic E-state index is 0. The summed E-state index contributed by atoms with van der Waals surface area (Å²) in [6.45, 7) is 8.88. The second kappa shape index (κ2) is 8.70. The summed E-state index contributed by atoms with van der Waals surface area (Å²) < 4.78 is 37.6. The molecule has 1 rings (SSSR count). The van der Waals surface area contributed by atoms with Crippen molar-refractivity contribution in [2.75, 3.05) is 6.54 Å². The van der Waals surface area contributed by atoms with E-state index in [0.29, 0.717) is 12.0 Å². The number of alkyl carbamates (subject to hydrolysis) is 1. The van der Waals surface area contributed by atoms with Gasteiger partial charge in [-0.05, 0) is 45.7 Å². The van der Waals surface area contributed by atoms with Gasteiger partial charge in [0, 0.05) is 6.07 Å². The summed E-state index contributed by atoms with van der Waals surface area (Å²) in [4.78, 5) is 11.5. The largest absolute Gasteiger partial charge is 0.486 e. The molecular formula is C17H27F2NO3. The van der Waals surface area contributed by atoms with E-state index in [1.54, 1.807) is 34.6 Å². The molecule has 1 amide bonds. The van der Waals surface area contributed by atoms with Crippen molar-refractivity contribution in [3.8, 4) is 5.75 Å². The lowest BCUT2D eigenvalue weighted by Gasteiger charge is -2.22. The van der Waals surface area contributed by atoms with Crippen LogP contribution in [-0.2, 0) is 11.2 Å². The summed E-state index contributed by atoms with van der Waals surface area (Å²) in [6.07, 6.45) is -0.619. The Morgan fingerprint density at radius 1 is 1.30 bits per heavy atom. The Kier molecular flexibility index (Phi) is 8.00. The first-order chi connectivity index (χ1) is 10.1. The molecule has 0 fully saturated rings. The number of amides is 1. The van der Waals surface area contributed by atoms with Crippen LogP contribution < -0.4 is 10.1 Å². The molecule has 23 heavy (non-hydrogen) atoms. The topological polar surface area (TPSA) is 47.6 Å². The summed E-state index contributed by atoms with van der Waals surface area (Å²) in [5.41, 5.74) is -0.145. The number of halogens is 2. The van der Waals surface area contributed by atoms with Gasteiger partial charge in [-0.15, -0.1) is 0 Å². The SMILES string of the molecule is C.CCc1cc(F)cc(F)c1OC(C)CNC(=O)OC(C)(C)C. The van der Waals surface area contributed by atoms with Crippen LogP contribution in [0, 0.1) is 11.6 Å². The van der Waals surface area contributed by atoms with Crippen molar-refractivity contribution in [1.29, 1.82) is 0 Å². The monoisotopic (exact) mass is 331 g/mol. The van der Waals surface area contributed by atoms with Crippen LogP contribution in [0.25, 0.3) is 0 Å². The van der Waals surface area contributed by atoms with Crippen LogP contribution in [0.15, 0.2) is 12.1 Å². The molecule has 6 heteroatoms. The van der Waals surface area contributed by atoms with E-state index in [0.717, 1.165) is 6.07 Å². The Hall–Kier alpha value is -1.85. The highest BCUT2D eigenvalue weighted by molar-refractivity contribution is 5.67. The highest BCUT2D eigenvalue weighted by Crippen LogP contribution is 2.25. The van der Waals surface area contributed by atoms with E-state index in [4.69, 9.17) is 9.47 Å². The van der Waals surface area contributed by atoms with Crippen LogP contribution in [0.1, 0.15) is 47.6 Å². The van der Waals surface area contributed by atoms with Gasteiger partial charge >= 0.3 is 6.09 Å². The maximum Gasteiger partial charge on any atom is 0.407 e. The molecule has 1 aromatic rings. The molecule has 4 nitrogen and oxygen atoms in total. The zero-order valence-corrected chi connectivity index (χ0v) is 13.6. The molecule has 0 aliphatic heterocycles. The second-order valence-corrected chi connectivity index (χ2v) is 6.04. The van der Waals surface area contributed by atoms with Crippen LogP contribution >= 0.6 is 0 Å². The average molecular weight is 331 g/mol. The van der Waals surface area contributed by atoms with Crippen molar-refractivity contribution in [3.63, 3.8) is 0 Å². The lowest BCUT2D eigenvalue weighted by atomic mass is 10.1. The van der Waals surface area contributed by atoms with Crippen molar-refractivity contribution >= 4 is 6.09 Å². The van der Waals surface area contributed by atoms with E-state index in [9.17, 15) is 13.6 Å². The Morgan fingerprint density at radius 2 is 1.91 bits per heavy atom. The normalized spacial score (nSPS) is 12.1. The van der Waals surface area contributed by atoms with Gasteiger partial charge in [0.05, 0.1) is 6.54 Å². The van der Waals surface area contributed by atoms with E-state index in [2.05, 4.69) is 5.32 Å². The minimum Gasteiger partial charge on any atom is -0.486 e. The molecule has 1 atom stereocenters. The van der Waals surface area contributed by atoms with Gasteiger partial charge in [0.1, 0.15) is 17.5 Å². The Labute approximate surface area is 137 Å². The van der Waals surface area contributed by atoms with Gasteiger partial charge in [0.2, 0.25) is 0 Å². The zero-order chi connectivity index (χ0) is 16.9. The number of hydrogen-bond acceptors (Lipinski definition) is 3. The number of ether oxygens (including phenoxy) is 2. The summed E-state index contributed by atoms with van der Waals surface area (Å²) in [7, 11) is 0. The second-order valence-electron chi connectivity index (χ2n) is 6.04. The fourth-order valence-corrected chi connectivity index (χ4v) is 1.79. The fourth-order valence-electron chi connectivity index (χ4n) is 1.79. The standard InChI is InChI=1S/C16H23F2NO3.CH4/c1-6-11-7-12(17)8-13(18)14(11)21-10(2)9-19-15(20)22-16(3,4)5;/h7-8,10H,6,9H2,1-5H3,(H,19,20);1H4. The molecule has 0 saturated carbocycles. The van der Waals surface area contributed by atoms with E-state index in [-0.39, 0.29) is 19.7 Å². The molecule has 0 aromatic heterocycles. The van der Waals surface area contributed by atoms with E-state index in [1.165, 1.54) is 6.07 Å². The van der Waals surface area contributed by atoms with Crippen LogP contribution in [0.3, 0.4) is 0 Å². The maximum atomic E-state index is 13.8. The van der Waals surface area contributed by atoms with E-state index < -0.39 is 29.4 Å². The third-order valence-corrected chi connectivity index (χ3v) is 2.72. The number of aryl methyl sites for hydroxylation is 1. The molecule has 132 valence electrons. The van der Waals surface area contributed by atoms with Gasteiger partial charge < -0.3 is 14.8 Å². The van der Waals surface area contributed by atoms with Gasteiger partial charge in [-0.25, -0.2) is 13.6 Å². The van der Waals surface area contributed by atoms with Gasteiger partial charge in [0.25, 0.3) is 0 Å². The molecule has 0 aliphatic carbocycles. The van der Waals surface area contributed by atoms with Gasteiger partial charge in [0.15, 0.2) is 11.6 Å². The number of carbonyl (C=O) groups excluding carboxylic acids is 1. The van der Waals surface area contributed by atoms with Gasteiger partial charge in [-0.3, -0.25) is 0 Å². The van der Waals surface area contributed by atoms with Crippen LogP contribution in [0.4, 0.5) is 13.6 Å². The van der Waals surface area contributed by atoms with Crippen molar-refractivity contribution in [2.24, 2.45) is 0 Å². The van der Waals surface area contributed by atoms with Crippen molar-refractivity contribution < 1.29 is 23.0 Å². The third-order valence-electron chi connectivity index (χ3n) is 2.72. The Balaban J connectivity index is 0.00000484. The number of hydrogen-bond donors (Lipinski definition) is 1. The molecule has 0 aliphatic rings. The Morgan fingerprint density at radius 3 is 2.43 bits per heavy atom. The van der Waals surface area contributed by atoms with Gasteiger partial charge in [-0.1, -0.05) is 14.4 Å². The molecule has 0 radical (unpaired) electrons. The molecule has 0 saturated heterocycles. The predicted octanol–water partition coefficient (Wildman–Crippen LogP) is 4.46. The zero-order valence-electron chi connectivity index (χ0n) is 13.6. The smallest absolute Gasteiger partial charge is 0.407 e. The molecule has 1 N–H and O–H groups in total. The highest BCUT2D eigenvalue weighted by Gasteiger charge is 2.18. The predicted molar refractivity (Wildman–Crippen MR) is 86.8 cm³/mol. The first-order valence-electron chi connectivity index (χ1n) is 7.23. The molecule has 0 heterocycles. The summed E-state index contributed by atoms with van der Waals surface area (Å²) in [6, 6.07) is 2.02. The summed E-state index contributed by atoms with van der Waals surface area (Å²) >= 11 is 0. The van der Waals surface area contributed by atoms with Crippen molar-refractivity contribution in [3.05, 3.63) is 29.3 Å². The third kappa shape index (κ3) is 7.30. The van der Waals surface area contributed by atoms with E-state index >= 15 is 0 Å². The quantitative estimate of drug-likeness (QED) is 0.867. The molecule has 0 spiro atoms. The number of benzene rings is 1. The lowest BCUT2D eigenvalue weighted by molar-refractivity contribution is 0.0504. The Bertz CT molecular complexity index is 527. The van der Waals surface area contributed by atoms with Crippen molar-refractivity contribution in [1.82, 2.24) is 5.32 Å². The lowest BCUT2D eigenvalue weighted by Crippen LogP contribution is -2.37. The first kappa shape index (κ1) is 21.1.